The van der Waals surface area contributed by atoms with Crippen molar-refractivity contribution in [3.63, 3.8) is 0 Å². The van der Waals surface area contributed by atoms with Crippen LogP contribution in [0, 0.1) is 12.8 Å². The maximum absolute atomic E-state index is 13.2. The first-order valence-corrected chi connectivity index (χ1v) is 9.94. The number of benzene rings is 2. The Morgan fingerprint density at radius 3 is 2.54 bits per heavy atom. The van der Waals surface area contributed by atoms with Crippen LogP contribution < -0.4 is 0 Å². The lowest BCUT2D eigenvalue weighted by Gasteiger charge is -2.33. The lowest BCUT2D eigenvalue weighted by Crippen LogP contribution is -2.46. The van der Waals surface area contributed by atoms with E-state index in [9.17, 15) is 9.59 Å². The van der Waals surface area contributed by atoms with Gasteiger partial charge in [-0.25, -0.2) is 4.79 Å². The van der Waals surface area contributed by atoms with Crippen LogP contribution in [0.1, 0.15) is 54.6 Å². The van der Waals surface area contributed by atoms with Crippen molar-refractivity contribution in [2.24, 2.45) is 5.92 Å². The van der Waals surface area contributed by atoms with Crippen LogP contribution in [-0.2, 0) is 19.7 Å². The van der Waals surface area contributed by atoms with Gasteiger partial charge in [0.05, 0.1) is 12.2 Å². The summed E-state index contributed by atoms with van der Waals surface area (Å²) in [6, 6.07) is 16.9. The summed E-state index contributed by atoms with van der Waals surface area (Å²) in [6.07, 6.45) is 1.52. The van der Waals surface area contributed by atoms with E-state index in [1.165, 1.54) is 0 Å². The van der Waals surface area contributed by atoms with Crippen LogP contribution in [0.2, 0.25) is 0 Å². The molecule has 0 radical (unpaired) electrons. The molecule has 0 N–H and O–H groups in total. The smallest absolute Gasteiger partial charge is 0.338 e. The first kappa shape index (κ1) is 20.1. The first-order chi connectivity index (χ1) is 13.4. The Hall–Kier alpha value is -2.62. The van der Waals surface area contributed by atoms with Gasteiger partial charge in [-0.2, -0.15) is 0 Å². The average Bonchev–Trinajstić information content (AvgIpc) is 3.11. The van der Waals surface area contributed by atoms with Gasteiger partial charge in [-0.15, -0.1) is 0 Å². The molecule has 1 aliphatic carbocycles. The summed E-state index contributed by atoms with van der Waals surface area (Å²) in [5.41, 5.74) is 1.40. The standard InChI is InChI=1S/C24H28O4/c1-17(2)16-27-23(26)24(20-11-5-4-6-12-20)14-8-13-21(24)28-22(25)19-10-7-9-18(3)15-19/h4-7,9-12,15,17,21H,8,13-14,16H2,1-3H3. The lowest BCUT2D eigenvalue weighted by atomic mass is 9.77. The second kappa shape index (κ2) is 8.59. The van der Waals surface area contributed by atoms with Gasteiger partial charge < -0.3 is 9.47 Å². The molecule has 0 bridgehead atoms. The fraction of sp³-hybridized carbons (Fsp3) is 0.417. The minimum Gasteiger partial charge on any atom is -0.465 e. The Labute approximate surface area is 166 Å². The molecule has 1 aliphatic rings. The zero-order valence-electron chi connectivity index (χ0n) is 16.8. The van der Waals surface area contributed by atoms with Crippen molar-refractivity contribution in [2.45, 2.75) is 51.6 Å². The first-order valence-electron chi connectivity index (χ1n) is 9.94. The number of hydrogen-bond donors (Lipinski definition) is 0. The van der Waals surface area contributed by atoms with E-state index in [0.29, 0.717) is 25.0 Å². The second-order valence-electron chi connectivity index (χ2n) is 7.99. The summed E-state index contributed by atoms with van der Waals surface area (Å²) in [4.78, 5) is 26.0. The molecule has 0 aliphatic heterocycles. The average molecular weight is 380 g/mol. The quantitative estimate of drug-likeness (QED) is 0.673. The fourth-order valence-electron chi connectivity index (χ4n) is 3.89. The monoisotopic (exact) mass is 380 g/mol. The number of rotatable bonds is 6. The predicted octanol–water partition coefficient (Wildman–Crippen LogP) is 4.84. The SMILES string of the molecule is Cc1cccc(C(=O)OC2CCCC2(C(=O)OCC(C)C)c2ccccc2)c1. The summed E-state index contributed by atoms with van der Waals surface area (Å²) in [6.45, 7) is 6.30. The Morgan fingerprint density at radius 2 is 1.86 bits per heavy atom. The van der Waals surface area contributed by atoms with E-state index in [1.807, 2.05) is 63.2 Å². The number of esters is 2. The number of carbonyl (C=O) groups excluding carboxylic acids is 2. The normalized spacial score (nSPS) is 21.5. The molecule has 2 atom stereocenters. The molecular formula is C24H28O4. The van der Waals surface area contributed by atoms with Gasteiger partial charge in [0.2, 0.25) is 0 Å². The summed E-state index contributed by atoms with van der Waals surface area (Å²) < 4.78 is 11.6. The van der Waals surface area contributed by atoms with Crippen molar-refractivity contribution < 1.29 is 19.1 Å². The Bertz CT molecular complexity index is 828. The molecule has 0 saturated heterocycles. The van der Waals surface area contributed by atoms with Gasteiger partial charge >= 0.3 is 11.9 Å². The highest BCUT2D eigenvalue weighted by Gasteiger charge is 2.54. The van der Waals surface area contributed by atoms with Crippen molar-refractivity contribution in [1.82, 2.24) is 0 Å². The van der Waals surface area contributed by atoms with Crippen molar-refractivity contribution in [3.8, 4) is 0 Å². The Kier molecular flexibility index (Phi) is 6.18. The highest BCUT2D eigenvalue weighted by molar-refractivity contribution is 5.91. The summed E-state index contributed by atoms with van der Waals surface area (Å²) in [5.74, 6) is -0.453. The van der Waals surface area contributed by atoms with Gasteiger partial charge in [0, 0.05) is 0 Å². The number of aryl methyl sites for hydroxylation is 1. The van der Waals surface area contributed by atoms with Crippen LogP contribution in [0.25, 0.3) is 0 Å². The van der Waals surface area contributed by atoms with Crippen LogP contribution in [0.3, 0.4) is 0 Å². The minimum atomic E-state index is -0.949. The zero-order valence-corrected chi connectivity index (χ0v) is 16.8. The molecule has 1 saturated carbocycles. The van der Waals surface area contributed by atoms with E-state index in [1.54, 1.807) is 12.1 Å². The van der Waals surface area contributed by atoms with Crippen LogP contribution in [0.5, 0.6) is 0 Å². The zero-order chi connectivity index (χ0) is 20.1. The van der Waals surface area contributed by atoms with Crippen molar-refractivity contribution in [1.29, 1.82) is 0 Å². The molecule has 2 unspecified atom stereocenters. The third kappa shape index (κ3) is 4.11. The maximum atomic E-state index is 13.2. The number of hydrogen-bond acceptors (Lipinski definition) is 4. The molecule has 1 fully saturated rings. The highest BCUT2D eigenvalue weighted by Crippen LogP contribution is 2.44. The van der Waals surface area contributed by atoms with E-state index in [2.05, 4.69) is 0 Å². The second-order valence-corrected chi connectivity index (χ2v) is 7.99. The van der Waals surface area contributed by atoms with E-state index in [0.717, 1.165) is 17.5 Å². The molecule has 28 heavy (non-hydrogen) atoms. The molecule has 148 valence electrons. The molecule has 2 aromatic carbocycles. The lowest BCUT2D eigenvalue weighted by molar-refractivity contribution is -0.155. The number of carbonyl (C=O) groups is 2. The largest absolute Gasteiger partial charge is 0.465 e. The van der Waals surface area contributed by atoms with Crippen LogP contribution in [0.15, 0.2) is 54.6 Å². The molecule has 3 rings (SSSR count). The molecule has 4 heteroatoms. The van der Waals surface area contributed by atoms with Gasteiger partial charge in [0.25, 0.3) is 0 Å². The third-order valence-corrected chi connectivity index (χ3v) is 5.29. The topological polar surface area (TPSA) is 52.6 Å². The molecule has 4 nitrogen and oxygen atoms in total. The van der Waals surface area contributed by atoms with Crippen LogP contribution >= 0.6 is 0 Å². The van der Waals surface area contributed by atoms with Crippen molar-refractivity contribution >= 4 is 11.9 Å². The molecule has 0 heterocycles. The van der Waals surface area contributed by atoms with E-state index in [4.69, 9.17) is 9.47 Å². The van der Waals surface area contributed by atoms with Gasteiger partial charge in [0.1, 0.15) is 11.5 Å². The van der Waals surface area contributed by atoms with E-state index >= 15 is 0 Å². The molecule has 0 amide bonds. The Balaban J connectivity index is 1.91. The highest BCUT2D eigenvalue weighted by atomic mass is 16.6. The Morgan fingerprint density at radius 1 is 1.11 bits per heavy atom. The van der Waals surface area contributed by atoms with E-state index < -0.39 is 17.5 Å². The van der Waals surface area contributed by atoms with Crippen molar-refractivity contribution in [2.75, 3.05) is 6.61 Å². The summed E-state index contributed by atoms with van der Waals surface area (Å²) in [7, 11) is 0. The molecular weight excluding hydrogens is 352 g/mol. The van der Waals surface area contributed by atoms with Crippen molar-refractivity contribution in [3.05, 3.63) is 71.3 Å². The summed E-state index contributed by atoms with van der Waals surface area (Å²) in [5, 5.41) is 0. The van der Waals surface area contributed by atoms with Crippen LogP contribution in [-0.4, -0.2) is 24.6 Å². The maximum Gasteiger partial charge on any atom is 0.338 e. The summed E-state index contributed by atoms with van der Waals surface area (Å²) >= 11 is 0. The van der Waals surface area contributed by atoms with E-state index in [-0.39, 0.29) is 11.9 Å². The van der Waals surface area contributed by atoms with Gasteiger partial charge in [0.15, 0.2) is 0 Å². The molecule has 2 aromatic rings. The van der Waals surface area contributed by atoms with Gasteiger partial charge in [-0.05, 0) is 49.8 Å². The predicted molar refractivity (Wildman–Crippen MR) is 108 cm³/mol. The number of ether oxygens (including phenoxy) is 2. The molecule has 0 spiro atoms. The van der Waals surface area contributed by atoms with Crippen LogP contribution in [0.4, 0.5) is 0 Å². The third-order valence-electron chi connectivity index (χ3n) is 5.29. The molecule has 0 aromatic heterocycles. The minimum absolute atomic E-state index is 0.242. The van der Waals surface area contributed by atoms with Gasteiger partial charge in [-0.3, -0.25) is 4.79 Å². The van der Waals surface area contributed by atoms with Gasteiger partial charge in [-0.1, -0.05) is 61.9 Å². The fourth-order valence-corrected chi connectivity index (χ4v) is 3.89.